The molecule has 0 aliphatic rings. The number of primary amides is 1. The Morgan fingerprint density at radius 3 is 2.68 bits per heavy atom. The summed E-state index contributed by atoms with van der Waals surface area (Å²) in [5.74, 6) is -0.265. The van der Waals surface area contributed by atoms with Gasteiger partial charge in [0.25, 0.3) is 5.56 Å². The van der Waals surface area contributed by atoms with E-state index in [1.165, 1.54) is 4.57 Å². The molecule has 3 aromatic rings. The molecule has 0 aliphatic carbocycles. The van der Waals surface area contributed by atoms with E-state index in [0.717, 1.165) is 11.8 Å². The molecule has 0 radical (unpaired) electrons. The lowest BCUT2D eigenvalue weighted by Crippen LogP contribution is -2.42. The van der Waals surface area contributed by atoms with Crippen molar-refractivity contribution in [3.8, 4) is 0 Å². The Kier molecular flexibility index (Phi) is 5.50. The molecule has 28 heavy (non-hydrogen) atoms. The summed E-state index contributed by atoms with van der Waals surface area (Å²) in [6, 6.07) is 6.21. The topological polar surface area (TPSA) is 124 Å². The van der Waals surface area contributed by atoms with Crippen LogP contribution in [0.4, 0.5) is 4.79 Å². The number of allylic oxidation sites excluding steroid dienone is 1. The Bertz CT molecular complexity index is 1130. The third-order valence-corrected chi connectivity index (χ3v) is 5.62. The molecule has 3 amide bonds. The fraction of sp³-hybridized carbons (Fsp3) is 0.278. The second kappa shape index (κ2) is 7.85. The van der Waals surface area contributed by atoms with E-state index in [9.17, 15) is 14.4 Å². The fourth-order valence-corrected chi connectivity index (χ4v) is 3.94. The van der Waals surface area contributed by atoms with Crippen LogP contribution in [0.2, 0.25) is 0 Å². The van der Waals surface area contributed by atoms with Gasteiger partial charge in [0, 0.05) is 6.54 Å². The quantitative estimate of drug-likeness (QED) is 0.478. The molecule has 1 aromatic carbocycles. The summed E-state index contributed by atoms with van der Waals surface area (Å²) in [4.78, 5) is 36.3. The van der Waals surface area contributed by atoms with Gasteiger partial charge >= 0.3 is 6.03 Å². The Morgan fingerprint density at radius 2 is 2.04 bits per heavy atom. The van der Waals surface area contributed by atoms with Crippen LogP contribution in [0.3, 0.4) is 0 Å². The SMILES string of the molecule is C=CCn1c(=O)c2ccccc2n2c(SC(C(=O)NC(N)=O)C(C)C)nnc12. The summed E-state index contributed by atoms with van der Waals surface area (Å²) in [7, 11) is 0. The number of hydrogen-bond acceptors (Lipinski definition) is 6. The minimum Gasteiger partial charge on any atom is -0.351 e. The van der Waals surface area contributed by atoms with Crippen molar-refractivity contribution in [3.05, 3.63) is 47.3 Å². The second-order valence-electron chi connectivity index (χ2n) is 6.48. The fourth-order valence-electron chi connectivity index (χ4n) is 2.90. The van der Waals surface area contributed by atoms with Crippen LogP contribution in [0.15, 0.2) is 46.9 Å². The van der Waals surface area contributed by atoms with Crippen LogP contribution < -0.4 is 16.6 Å². The number of carbonyl (C=O) groups is 2. The van der Waals surface area contributed by atoms with E-state index in [1.54, 1.807) is 28.7 Å². The number of amides is 3. The third kappa shape index (κ3) is 3.50. The zero-order chi connectivity index (χ0) is 20.4. The van der Waals surface area contributed by atoms with Gasteiger partial charge in [-0.05, 0) is 18.1 Å². The molecule has 0 saturated carbocycles. The standard InChI is InChI=1S/C18H20N6O3S/c1-4-9-23-15(26)11-7-5-6-8-12(11)24-17(23)21-22-18(24)28-13(10(2)3)14(25)20-16(19)27/h4-8,10,13H,1,9H2,2-3H3,(H3,19,20,25,27). The van der Waals surface area contributed by atoms with Crippen LogP contribution in [0, 0.1) is 5.92 Å². The summed E-state index contributed by atoms with van der Waals surface area (Å²) in [6.07, 6.45) is 1.61. The number of nitrogens with two attached hydrogens (primary N) is 1. The highest BCUT2D eigenvalue weighted by Crippen LogP contribution is 2.29. The molecular weight excluding hydrogens is 380 g/mol. The summed E-state index contributed by atoms with van der Waals surface area (Å²) in [5.41, 5.74) is 5.52. The number of para-hydroxylation sites is 1. The van der Waals surface area contributed by atoms with Crippen molar-refractivity contribution >= 4 is 40.4 Å². The normalized spacial score (nSPS) is 12.4. The molecule has 0 saturated heterocycles. The molecule has 0 bridgehead atoms. The van der Waals surface area contributed by atoms with E-state index in [-0.39, 0.29) is 18.0 Å². The first-order valence-electron chi connectivity index (χ1n) is 8.59. The van der Waals surface area contributed by atoms with Crippen LogP contribution in [0.1, 0.15) is 13.8 Å². The highest BCUT2D eigenvalue weighted by molar-refractivity contribution is 8.00. The van der Waals surface area contributed by atoms with Gasteiger partial charge in [0.15, 0.2) is 5.16 Å². The lowest BCUT2D eigenvalue weighted by Gasteiger charge is -2.18. The maximum absolute atomic E-state index is 12.8. The van der Waals surface area contributed by atoms with E-state index < -0.39 is 17.2 Å². The number of thioether (sulfide) groups is 1. The highest BCUT2D eigenvalue weighted by Gasteiger charge is 2.27. The number of imide groups is 1. The number of benzene rings is 1. The van der Waals surface area contributed by atoms with Crippen LogP contribution in [-0.4, -0.2) is 36.4 Å². The average Bonchev–Trinajstić information content (AvgIpc) is 3.06. The lowest BCUT2D eigenvalue weighted by molar-refractivity contribution is -0.120. The van der Waals surface area contributed by atoms with Gasteiger partial charge in [-0.1, -0.05) is 43.8 Å². The molecule has 0 spiro atoms. The van der Waals surface area contributed by atoms with Gasteiger partial charge < -0.3 is 5.73 Å². The molecule has 2 heterocycles. The van der Waals surface area contributed by atoms with Crippen molar-refractivity contribution in [3.63, 3.8) is 0 Å². The number of fused-ring (bicyclic) bond motifs is 3. The van der Waals surface area contributed by atoms with Crippen molar-refractivity contribution in [2.45, 2.75) is 30.8 Å². The number of carbonyl (C=O) groups excluding carboxylic acids is 2. The first-order chi connectivity index (χ1) is 13.3. The molecule has 0 fully saturated rings. The number of rotatable bonds is 6. The number of nitrogens with zero attached hydrogens (tertiary/aromatic N) is 4. The van der Waals surface area contributed by atoms with Crippen molar-refractivity contribution in [1.29, 1.82) is 0 Å². The molecule has 9 nitrogen and oxygen atoms in total. The maximum atomic E-state index is 12.8. The summed E-state index contributed by atoms with van der Waals surface area (Å²) in [5, 5.41) is 10.8. The van der Waals surface area contributed by atoms with Crippen LogP contribution in [0.5, 0.6) is 0 Å². The van der Waals surface area contributed by atoms with Gasteiger partial charge in [-0.15, -0.1) is 16.8 Å². The lowest BCUT2D eigenvalue weighted by atomic mass is 10.1. The van der Waals surface area contributed by atoms with Crippen molar-refractivity contribution in [2.24, 2.45) is 11.7 Å². The Hall–Kier alpha value is -3.14. The summed E-state index contributed by atoms with van der Waals surface area (Å²) >= 11 is 1.16. The van der Waals surface area contributed by atoms with Gasteiger partial charge in [0.2, 0.25) is 11.7 Å². The van der Waals surface area contributed by atoms with E-state index in [2.05, 4.69) is 22.1 Å². The van der Waals surface area contributed by atoms with Gasteiger partial charge in [-0.25, -0.2) is 4.79 Å². The predicted octanol–water partition coefficient (Wildman–Crippen LogP) is 1.54. The van der Waals surface area contributed by atoms with Gasteiger partial charge in [-0.2, -0.15) is 0 Å². The van der Waals surface area contributed by atoms with Gasteiger partial charge in [0.1, 0.15) is 0 Å². The Balaban J connectivity index is 2.19. The first kappa shape index (κ1) is 19.6. The average molecular weight is 400 g/mol. The number of urea groups is 1. The number of aromatic nitrogens is 4. The molecule has 3 rings (SSSR count). The smallest absolute Gasteiger partial charge is 0.318 e. The molecular formula is C18H20N6O3S. The first-order valence-corrected chi connectivity index (χ1v) is 9.47. The molecule has 0 aliphatic heterocycles. The largest absolute Gasteiger partial charge is 0.351 e. The van der Waals surface area contributed by atoms with Crippen molar-refractivity contribution in [1.82, 2.24) is 24.5 Å². The van der Waals surface area contributed by atoms with E-state index in [0.29, 0.717) is 21.8 Å². The van der Waals surface area contributed by atoms with Crippen LogP contribution >= 0.6 is 11.8 Å². The van der Waals surface area contributed by atoms with Gasteiger partial charge in [-0.3, -0.25) is 23.9 Å². The minimum atomic E-state index is -0.910. The molecule has 1 atom stereocenters. The molecule has 1 unspecified atom stereocenters. The highest BCUT2D eigenvalue weighted by atomic mass is 32.2. The Labute approximate surface area is 164 Å². The number of nitrogens with one attached hydrogen (secondary N) is 1. The molecule has 3 N–H and O–H groups in total. The second-order valence-corrected chi connectivity index (χ2v) is 7.58. The number of hydrogen-bond donors (Lipinski definition) is 2. The monoisotopic (exact) mass is 400 g/mol. The molecule has 10 heteroatoms. The zero-order valence-corrected chi connectivity index (χ0v) is 16.3. The third-order valence-electron chi connectivity index (χ3n) is 4.13. The summed E-state index contributed by atoms with van der Waals surface area (Å²) < 4.78 is 3.21. The molecule has 2 aromatic heterocycles. The van der Waals surface area contributed by atoms with Crippen molar-refractivity contribution in [2.75, 3.05) is 0 Å². The predicted molar refractivity (Wildman–Crippen MR) is 107 cm³/mol. The zero-order valence-electron chi connectivity index (χ0n) is 15.5. The summed E-state index contributed by atoms with van der Waals surface area (Å²) in [6.45, 7) is 7.67. The maximum Gasteiger partial charge on any atom is 0.318 e. The van der Waals surface area contributed by atoms with Gasteiger partial charge in [0.05, 0.1) is 16.2 Å². The van der Waals surface area contributed by atoms with Crippen molar-refractivity contribution < 1.29 is 9.59 Å². The van der Waals surface area contributed by atoms with Crippen LogP contribution in [-0.2, 0) is 11.3 Å². The minimum absolute atomic E-state index is 0.109. The van der Waals surface area contributed by atoms with E-state index in [4.69, 9.17) is 5.73 Å². The van der Waals surface area contributed by atoms with E-state index >= 15 is 0 Å². The Morgan fingerprint density at radius 1 is 1.32 bits per heavy atom. The van der Waals surface area contributed by atoms with Crippen LogP contribution in [0.25, 0.3) is 16.7 Å². The van der Waals surface area contributed by atoms with E-state index in [1.807, 2.05) is 19.9 Å². The molecule has 146 valence electrons.